The number of benzene rings is 1. The van der Waals surface area contributed by atoms with Gasteiger partial charge in [-0.15, -0.1) is 0 Å². The molecule has 20 heavy (non-hydrogen) atoms. The average Bonchev–Trinajstić information content (AvgIpc) is 3.05. The summed E-state index contributed by atoms with van der Waals surface area (Å²) in [5.41, 5.74) is 0.702. The smallest absolute Gasteiger partial charge is 0.238 e. The predicted molar refractivity (Wildman–Crippen MR) is 82.9 cm³/mol. The van der Waals surface area contributed by atoms with Crippen molar-refractivity contribution in [2.75, 3.05) is 4.90 Å². The monoisotopic (exact) mass is 397 g/mol. The number of anilines is 1. The van der Waals surface area contributed by atoms with Gasteiger partial charge in [-0.05, 0) is 30.4 Å². The third-order valence-corrected chi connectivity index (χ3v) is 8.21. The molecule has 2 amide bonds. The van der Waals surface area contributed by atoms with Gasteiger partial charge in [-0.3, -0.25) is 14.5 Å². The molecule has 3 nitrogen and oxygen atoms in total. The normalized spacial score (nSPS) is 42.4. The Labute approximate surface area is 134 Å². The minimum atomic E-state index is -0.133. The Morgan fingerprint density at radius 3 is 1.90 bits per heavy atom. The van der Waals surface area contributed by atoms with E-state index >= 15 is 0 Å². The van der Waals surface area contributed by atoms with Crippen molar-refractivity contribution in [3.05, 3.63) is 30.3 Å². The number of hydrogen-bond acceptors (Lipinski definition) is 2. The van der Waals surface area contributed by atoms with Gasteiger partial charge in [-0.25, -0.2) is 0 Å². The van der Waals surface area contributed by atoms with Crippen LogP contribution < -0.4 is 4.90 Å². The van der Waals surface area contributed by atoms with E-state index < -0.39 is 0 Å². The van der Waals surface area contributed by atoms with Crippen LogP contribution in [0, 0.1) is 23.7 Å². The quantitative estimate of drug-likeness (QED) is 0.538. The topological polar surface area (TPSA) is 37.4 Å². The molecule has 3 aliphatic rings. The second-order valence-corrected chi connectivity index (χ2v) is 7.97. The predicted octanol–water partition coefficient (Wildman–Crippen LogP) is 2.97. The first-order valence-electron chi connectivity index (χ1n) is 6.82. The van der Waals surface area contributed by atoms with E-state index in [0.717, 1.165) is 6.42 Å². The third-order valence-electron chi connectivity index (χ3n) is 5.00. The number of carbonyl (C=O) groups is 2. The molecule has 2 aliphatic carbocycles. The van der Waals surface area contributed by atoms with Crippen LogP contribution in [0.15, 0.2) is 30.3 Å². The van der Waals surface area contributed by atoms with E-state index in [0.29, 0.717) is 15.3 Å². The maximum Gasteiger partial charge on any atom is 0.238 e. The summed E-state index contributed by atoms with van der Waals surface area (Å²) in [6, 6.07) is 9.27. The van der Waals surface area contributed by atoms with E-state index in [1.54, 1.807) is 0 Å². The highest BCUT2D eigenvalue weighted by molar-refractivity contribution is 9.12. The van der Waals surface area contributed by atoms with Crippen LogP contribution in [0.25, 0.3) is 0 Å². The molecule has 1 heterocycles. The number of fused-ring (bicyclic) bond motifs is 5. The van der Waals surface area contributed by atoms with Gasteiger partial charge in [0.15, 0.2) is 0 Å². The maximum atomic E-state index is 12.7. The molecule has 2 bridgehead atoms. The summed E-state index contributed by atoms with van der Waals surface area (Å²) in [5, 5.41) is 0. The molecule has 1 aromatic carbocycles. The summed E-state index contributed by atoms with van der Waals surface area (Å²) in [4.78, 5) is 27.4. The minimum absolute atomic E-state index is 0.0115. The van der Waals surface area contributed by atoms with Crippen molar-refractivity contribution in [3.63, 3.8) is 0 Å². The molecule has 0 radical (unpaired) electrons. The average molecular weight is 399 g/mol. The van der Waals surface area contributed by atoms with Gasteiger partial charge in [0.1, 0.15) is 0 Å². The molecule has 6 atom stereocenters. The van der Waals surface area contributed by atoms with E-state index in [1.165, 1.54) is 4.90 Å². The highest BCUT2D eigenvalue weighted by Gasteiger charge is 2.66. The first-order valence-corrected chi connectivity index (χ1v) is 8.65. The number of halogens is 2. The lowest BCUT2D eigenvalue weighted by atomic mass is 9.81. The first-order chi connectivity index (χ1) is 9.61. The van der Waals surface area contributed by atoms with Crippen molar-refractivity contribution in [2.45, 2.75) is 16.1 Å². The van der Waals surface area contributed by atoms with E-state index in [4.69, 9.17) is 0 Å². The van der Waals surface area contributed by atoms with Gasteiger partial charge in [0.05, 0.1) is 17.5 Å². The zero-order valence-electron chi connectivity index (χ0n) is 10.6. The number of carbonyl (C=O) groups excluding carboxylic acids is 2. The van der Waals surface area contributed by atoms with Crippen molar-refractivity contribution < 1.29 is 9.59 Å². The van der Waals surface area contributed by atoms with Crippen molar-refractivity contribution in [1.82, 2.24) is 0 Å². The van der Waals surface area contributed by atoms with Crippen LogP contribution >= 0.6 is 31.9 Å². The van der Waals surface area contributed by atoms with Gasteiger partial charge in [0.2, 0.25) is 11.8 Å². The largest absolute Gasteiger partial charge is 0.274 e. The van der Waals surface area contributed by atoms with Crippen molar-refractivity contribution in [3.8, 4) is 0 Å². The van der Waals surface area contributed by atoms with E-state index in [9.17, 15) is 9.59 Å². The van der Waals surface area contributed by atoms with Crippen LogP contribution in [0.4, 0.5) is 5.69 Å². The zero-order valence-corrected chi connectivity index (χ0v) is 13.7. The SMILES string of the molecule is O=C1[C@H]2[C@@H]3C[C@@H]([C@@H](Br)[C@H]3Br)[C@@H]2C(=O)N1c1ccccc1. The Hall–Kier alpha value is -0.680. The molecular formula is C15H13Br2NO2. The summed E-state index contributed by atoms with van der Waals surface area (Å²) in [5.74, 6) is 0.265. The molecule has 0 spiro atoms. The lowest BCUT2D eigenvalue weighted by Gasteiger charge is -2.28. The first kappa shape index (κ1) is 13.0. The van der Waals surface area contributed by atoms with Crippen molar-refractivity contribution >= 4 is 49.4 Å². The minimum Gasteiger partial charge on any atom is -0.274 e. The van der Waals surface area contributed by atoms with Crippen LogP contribution in [-0.4, -0.2) is 21.5 Å². The lowest BCUT2D eigenvalue weighted by molar-refractivity contribution is -0.123. The number of alkyl halides is 2. The highest BCUT2D eigenvalue weighted by atomic mass is 79.9. The Balaban J connectivity index is 1.75. The number of amides is 2. The zero-order chi connectivity index (χ0) is 14.0. The summed E-state index contributed by atoms with van der Waals surface area (Å²) < 4.78 is 0. The summed E-state index contributed by atoms with van der Waals surface area (Å²) in [7, 11) is 0. The van der Waals surface area contributed by atoms with Crippen LogP contribution in [0.3, 0.4) is 0 Å². The second-order valence-electron chi connectivity index (χ2n) is 5.85. The Kier molecular flexibility index (Phi) is 2.87. The molecule has 0 unspecified atom stereocenters. The maximum absolute atomic E-state index is 12.7. The lowest BCUT2D eigenvalue weighted by Crippen LogP contribution is -2.37. The fourth-order valence-corrected chi connectivity index (χ4v) is 6.05. The Morgan fingerprint density at radius 2 is 1.40 bits per heavy atom. The molecule has 4 rings (SSSR count). The fraction of sp³-hybridized carbons (Fsp3) is 0.467. The number of para-hydroxylation sites is 1. The van der Waals surface area contributed by atoms with E-state index in [-0.39, 0.29) is 35.5 Å². The molecule has 5 heteroatoms. The molecule has 104 valence electrons. The number of nitrogens with zero attached hydrogens (tertiary/aromatic N) is 1. The fourth-order valence-electron chi connectivity index (χ4n) is 4.18. The molecule has 2 saturated carbocycles. The molecule has 0 N–H and O–H groups in total. The summed E-state index contributed by atoms with van der Waals surface area (Å²) >= 11 is 7.38. The van der Waals surface area contributed by atoms with Crippen LogP contribution in [-0.2, 0) is 9.59 Å². The molecule has 1 aliphatic heterocycles. The van der Waals surface area contributed by atoms with Gasteiger partial charge in [-0.2, -0.15) is 0 Å². The van der Waals surface area contributed by atoms with Crippen LogP contribution in [0.5, 0.6) is 0 Å². The molecule has 1 saturated heterocycles. The number of hydrogen-bond donors (Lipinski definition) is 0. The van der Waals surface area contributed by atoms with Crippen LogP contribution in [0.2, 0.25) is 0 Å². The van der Waals surface area contributed by atoms with Gasteiger partial charge in [-0.1, -0.05) is 50.1 Å². The van der Waals surface area contributed by atoms with Gasteiger partial charge >= 0.3 is 0 Å². The van der Waals surface area contributed by atoms with Crippen LogP contribution in [0.1, 0.15) is 6.42 Å². The Bertz CT molecular complexity index is 559. The molecule has 1 aromatic rings. The van der Waals surface area contributed by atoms with Gasteiger partial charge in [0.25, 0.3) is 0 Å². The number of rotatable bonds is 1. The summed E-state index contributed by atoms with van der Waals surface area (Å²) in [6.07, 6.45) is 0.973. The van der Waals surface area contributed by atoms with Crippen molar-refractivity contribution in [2.24, 2.45) is 23.7 Å². The standard InChI is InChI=1S/C15H13Br2NO2/c16-12-8-6-9(13(12)17)11-10(8)14(19)18(15(11)20)7-4-2-1-3-5-7/h1-5,8-13H,6H2/t8-,9+,10-,11-,12-,13+/m0/s1. The van der Waals surface area contributed by atoms with E-state index in [1.807, 2.05) is 30.3 Å². The third kappa shape index (κ3) is 1.51. The Morgan fingerprint density at radius 1 is 0.900 bits per heavy atom. The molecular weight excluding hydrogens is 386 g/mol. The summed E-state index contributed by atoms with van der Waals surface area (Å²) in [6.45, 7) is 0. The number of imide groups is 1. The van der Waals surface area contributed by atoms with Gasteiger partial charge < -0.3 is 0 Å². The second kappa shape index (κ2) is 4.41. The molecule has 3 fully saturated rings. The van der Waals surface area contributed by atoms with Crippen molar-refractivity contribution in [1.29, 1.82) is 0 Å². The highest BCUT2D eigenvalue weighted by Crippen LogP contribution is 2.60. The van der Waals surface area contributed by atoms with Gasteiger partial charge in [0, 0.05) is 9.65 Å². The van der Waals surface area contributed by atoms with E-state index in [2.05, 4.69) is 31.9 Å². The molecule has 0 aromatic heterocycles.